The summed E-state index contributed by atoms with van der Waals surface area (Å²) in [5.74, 6) is -0.776. The highest BCUT2D eigenvalue weighted by atomic mass is 16.4. The van der Waals surface area contributed by atoms with Crippen LogP contribution >= 0.6 is 0 Å². The largest absolute Gasteiger partial charge is 0.480 e. The maximum atomic E-state index is 12.4. The van der Waals surface area contributed by atoms with Crippen molar-refractivity contribution in [3.8, 4) is 11.4 Å². The minimum Gasteiger partial charge on any atom is -0.480 e. The van der Waals surface area contributed by atoms with Gasteiger partial charge < -0.3 is 10.0 Å². The Bertz CT molecular complexity index is 653. The van der Waals surface area contributed by atoms with E-state index >= 15 is 0 Å². The molecule has 8 heteroatoms. The zero-order valence-electron chi connectivity index (χ0n) is 11.1. The van der Waals surface area contributed by atoms with Gasteiger partial charge in [-0.05, 0) is 30.2 Å². The number of carbonyl (C=O) groups is 2. The van der Waals surface area contributed by atoms with Crippen LogP contribution in [0.15, 0.2) is 24.3 Å². The predicted octanol–water partition coefficient (Wildman–Crippen LogP) is 0.556. The quantitative estimate of drug-likeness (QED) is 0.852. The first kappa shape index (κ1) is 13.2. The third-order valence-electron chi connectivity index (χ3n) is 3.53. The molecule has 1 amide bonds. The normalized spacial score (nSPS) is 17.9. The predicted molar refractivity (Wildman–Crippen MR) is 71.3 cm³/mol. The number of carbonyl (C=O) groups excluding carboxylic acids is 1. The molecule has 1 saturated heterocycles. The Balaban J connectivity index is 1.80. The maximum absolute atomic E-state index is 12.4. The van der Waals surface area contributed by atoms with E-state index < -0.39 is 12.0 Å². The number of rotatable bonds is 3. The van der Waals surface area contributed by atoms with Crippen LogP contribution in [-0.4, -0.2) is 55.1 Å². The molecule has 3 rings (SSSR count). The SMILES string of the molecule is O=C(O)[C@H]1CCCN1C(=O)c1ccc(-c2nn[nH]n2)cc1. The van der Waals surface area contributed by atoms with Gasteiger partial charge in [-0.15, -0.1) is 10.2 Å². The number of likely N-dealkylation sites (tertiary alicyclic amines) is 1. The number of carboxylic acids is 1. The molecule has 1 aliphatic heterocycles. The summed E-state index contributed by atoms with van der Waals surface area (Å²) in [6.07, 6.45) is 1.21. The Morgan fingerprint density at radius 3 is 2.67 bits per heavy atom. The molecule has 0 spiro atoms. The summed E-state index contributed by atoms with van der Waals surface area (Å²) < 4.78 is 0. The molecule has 2 N–H and O–H groups in total. The van der Waals surface area contributed by atoms with E-state index in [1.54, 1.807) is 24.3 Å². The number of hydrogen-bond donors (Lipinski definition) is 2. The fourth-order valence-electron chi connectivity index (χ4n) is 2.48. The van der Waals surface area contributed by atoms with Crippen LogP contribution in [0.5, 0.6) is 0 Å². The third-order valence-corrected chi connectivity index (χ3v) is 3.53. The van der Waals surface area contributed by atoms with E-state index in [1.165, 1.54) is 4.90 Å². The van der Waals surface area contributed by atoms with Crippen molar-refractivity contribution in [2.75, 3.05) is 6.54 Å². The van der Waals surface area contributed by atoms with Gasteiger partial charge in [-0.1, -0.05) is 12.1 Å². The molecule has 108 valence electrons. The number of hydrogen-bond acceptors (Lipinski definition) is 5. The van der Waals surface area contributed by atoms with Gasteiger partial charge in [0.1, 0.15) is 6.04 Å². The summed E-state index contributed by atoms with van der Waals surface area (Å²) in [6, 6.07) is 5.99. The number of amides is 1. The monoisotopic (exact) mass is 287 g/mol. The molecule has 0 radical (unpaired) electrons. The van der Waals surface area contributed by atoms with Gasteiger partial charge in [-0.3, -0.25) is 4.79 Å². The summed E-state index contributed by atoms with van der Waals surface area (Å²) in [6.45, 7) is 0.475. The van der Waals surface area contributed by atoms with Crippen molar-refractivity contribution in [1.82, 2.24) is 25.5 Å². The van der Waals surface area contributed by atoms with Crippen molar-refractivity contribution >= 4 is 11.9 Å². The average Bonchev–Trinajstić information content (AvgIpc) is 3.18. The highest BCUT2D eigenvalue weighted by molar-refractivity contribution is 5.97. The van der Waals surface area contributed by atoms with Crippen molar-refractivity contribution in [1.29, 1.82) is 0 Å². The van der Waals surface area contributed by atoms with Gasteiger partial charge in [-0.25, -0.2) is 4.79 Å². The van der Waals surface area contributed by atoms with Gasteiger partial charge >= 0.3 is 5.97 Å². The van der Waals surface area contributed by atoms with E-state index in [0.29, 0.717) is 30.8 Å². The van der Waals surface area contributed by atoms with Crippen LogP contribution in [0.1, 0.15) is 23.2 Å². The van der Waals surface area contributed by atoms with Gasteiger partial charge in [0.2, 0.25) is 5.82 Å². The molecule has 0 bridgehead atoms. The number of nitrogens with one attached hydrogen (secondary N) is 1. The number of benzene rings is 1. The van der Waals surface area contributed by atoms with Crippen LogP contribution < -0.4 is 0 Å². The molecule has 2 aromatic rings. The number of aromatic amines is 1. The van der Waals surface area contributed by atoms with E-state index in [-0.39, 0.29) is 5.91 Å². The van der Waals surface area contributed by atoms with E-state index in [2.05, 4.69) is 20.6 Å². The van der Waals surface area contributed by atoms with Gasteiger partial charge in [0, 0.05) is 17.7 Å². The second kappa shape index (κ2) is 5.31. The van der Waals surface area contributed by atoms with Crippen molar-refractivity contribution < 1.29 is 14.7 Å². The summed E-state index contributed by atoms with van der Waals surface area (Å²) in [5, 5.41) is 22.7. The summed E-state index contributed by atoms with van der Waals surface area (Å²) >= 11 is 0. The molecule has 1 aromatic carbocycles. The zero-order valence-corrected chi connectivity index (χ0v) is 11.1. The standard InChI is InChI=1S/C13H13N5O3/c19-12(18-7-1-2-10(18)13(20)21)9-5-3-8(4-6-9)11-14-16-17-15-11/h3-6,10H,1-2,7H2,(H,20,21)(H,14,15,16,17)/t10-/m1/s1. The first-order chi connectivity index (χ1) is 10.2. The smallest absolute Gasteiger partial charge is 0.326 e. The van der Waals surface area contributed by atoms with Crippen LogP contribution in [-0.2, 0) is 4.79 Å². The molecule has 0 saturated carbocycles. The van der Waals surface area contributed by atoms with Crippen molar-refractivity contribution in [2.45, 2.75) is 18.9 Å². The molecule has 21 heavy (non-hydrogen) atoms. The first-order valence-corrected chi connectivity index (χ1v) is 6.54. The minimum absolute atomic E-state index is 0.264. The maximum Gasteiger partial charge on any atom is 0.326 e. The number of H-pyrrole nitrogens is 1. The highest BCUT2D eigenvalue weighted by Crippen LogP contribution is 2.21. The number of tetrazole rings is 1. The number of carboxylic acid groups (broad SMARTS) is 1. The minimum atomic E-state index is -0.954. The number of aliphatic carboxylic acids is 1. The molecule has 1 atom stereocenters. The van der Waals surface area contributed by atoms with Gasteiger partial charge in [0.05, 0.1) is 0 Å². The highest BCUT2D eigenvalue weighted by Gasteiger charge is 2.34. The number of nitrogens with zero attached hydrogens (tertiary/aromatic N) is 4. The van der Waals surface area contributed by atoms with E-state index in [0.717, 1.165) is 5.56 Å². The van der Waals surface area contributed by atoms with E-state index in [9.17, 15) is 9.59 Å². The summed E-state index contributed by atoms with van der Waals surface area (Å²) in [4.78, 5) is 24.9. The topological polar surface area (TPSA) is 112 Å². The average molecular weight is 287 g/mol. The zero-order chi connectivity index (χ0) is 14.8. The molecule has 0 aliphatic carbocycles. The molecule has 1 fully saturated rings. The second-order valence-electron chi connectivity index (χ2n) is 4.81. The van der Waals surface area contributed by atoms with Crippen LogP contribution in [0.25, 0.3) is 11.4 Å². The molecule has 0 unspecified atom stereocenters. The van der Waals surface area contributed by atoms with Gasteiger partial charge in [0.15, 0.2) is 0 Å². The Labute approximate surface area is 119 Å². The van der Waals surface area contributed by atoms with Crippen molar-refractivity contribution in [2.24, 2.45) is 0 Å². The molecule has 1 aliphatic rings. The van der Waals surface area contributed by atoms with Crippen LogP contribution in [0.4, 0.5) is 0 Å². The molecule has 2 heterocycles. The van der Waals surface area contributed by atoms with Crippen LogP contribution in [0.3, 0.4) is 0 Å². The fourth-order valence-corrected chi connectivity index (χ4v) is 2.48. The van der Waals surface area contributed by atoms with E-state index in [4.69, 9.17) is 5.11 Å². The second-order valence-corrected chi connectivity index (χ2v) is 4.81. The van der Waals surface area contributed by atoms with Crippen molar-refractivity contribution in [3.63, 3.8) is 0 Å². The summed E-state index contributed by atoms with van der Waals surface area (Å²) in [5.41, 5.74) is 1.19. The lowest BCUT2D eigenvalue weighted by atomic mass is 10.1. The molecular formula is C13H13N5O3. The van der Waals surface area contributed by atoms with Crippen LogP contribution in [0.2, 0.25) is 0 Å². The molecular weight excluding hydrogens is 274 g/mol. The van der Waals surface area contributed by atoms with Gasteiger partial charge in [0.25, 0.3) is 5.91 Å². The molecule has 1 aromatic heterocycles. The van der Waals surface area contributed by atoms with Gasteiger partial charge in [-0.2, -0.15) is 5.21 Å². The lowest BCUT2D eigenvalue weighted by Gasteiger charge is -2.21. The van der Waals surface area contributed by atoms with Crippen molar-refractivity contribution in [3.05, 3.63) is 29.8 Å². The fraction of sp³-hybridized carbons (Fsp3) is 0.308. The number of aromatic nitrogens is 4. The Morgan fingerprint density at radius 2 is 2.05 bits per heavy atom. The Morgan fingerprint density at radius 1 is 1.29 bits per heavy atom. The molecule has 8 nitrogen and oxygen atoms in total. The Kier molecular flexibility index (Phi) is 3.35. The lowest BCUT2D eigenvalue weighted by molar-refractivity contribution is -0.141. The third kappa shape index (κ3) is 2.47. The van der Waals surface area contributed by atoms with E-state index in [1.807, 2.05) is 0 Å². The summed E-state index contributed by atoms with van der Waals surface area (Å²) in [7, 11) is 0. The first-order valence-electron chi connectivity index (χ1n) is 6.54. The van der Waals surface area contributed by atoms with Crippen LogP contribution in [0, 0.1) is 0 Å². The lowest BCUT2D eigenvalue weighted by Crippen LogP contribution is -2.40. The Hall–Kier alpha value is -2.77.